The average Bonchev–Trinajstić information content (AvgIpc) is 2.19. The first-order valence-electron chi connectivity index (χ1n) is 4.12. The first-order chi connectivity index (χ1) is 6.60. The summed E-state index contributed by atoms with van der Waals surface area (Å²) in [7, 11) is 1.49. The number of hydrogen-bond donors (Lipinski definition) is 3. The minimum absolute atomic E-state index is 0.0497. The Morgan fingerprint density at radius 1 is 1.57 bits per heavy atom. The van der Waals surface area contributed by atoms with Crippen LogP contribution in [-0.4, -0.2) is 18.8 Å². The van der Waals surface area contributed by atoms with Crippen molar-refractivity contribution in [3.05, 3.63) is 22.2 Å². The molecular weight excluding hydrogens is 248 g/mol. The van der Waals surface area contributed by atoms with Crippen molar-refractivity contribution in [2.75, 3.05) is 13.7 Å². The number of methoxy groups -OCH3 is 1. The summed E-state index contributed by atoms with van der Waals surface area (Å²) in [5, 5.41) is 9.73. The molecule has 0 unspecified atom stereocenters. The zero-order valence-corrected chi connectivity index (χ0v) is 9.41. The highest BCUT2D eigenvalue weighted by Gasteiger charge is 2.14. The van der Waals surface area contributed by atoms with Gasteiger partial charge in [-0.05, 0) is 12.1 Å². The van der Waals surface area contributed by atoms with Crippen LogP contribution in [0.3, 0.4) is 0 Å². The highest BCUT2D eigenvalue weighted by atomic mass is 79.9. The number of ether oxygens (including phenoxy) is 1. The van der Waals surface area contributed by atoms with Crippen LogP contribution in [0.5, 0.6) is 11.5 Å². The minimum atomic E-state index is -0.388. The van der Waals surface area contributed by atoms with Crippen LogP contribution < -0.4 is 16.2 Å². The lowest BCUT2D eigenvalue weighted by Gasteiger charge is -2.14. The van der Waals surface area contributed by atoms with Crippen LogP contribution in [0.25, 0.3) is 0 Å². The average molecular weight is 261 g/mol. The molecule has 5 heteroatoms. The molecule has 1 aromatic carbocycles. The van der Waals surface area contributed by atoms with Gasteiger partial charge in [0.05, 0.1) is 7.11 Å². The van der Waals surface area contributed by atoms with E-state index in [-0.39, 0.29) is 18.3 Å². The lowest BCUT2D eigenvalue weighted by molar-refractivity contribution is 0.368. The molecule has 0 saturated heterocycles. The standard InChI is InChI=1S/C9H13BrN2O2/c1-14-8-3-5(10)2-6(9(8)13)7(12)4-11/h2-3,7,13H,4,11-12H2,1H3/t7-/m0/s1. The molecule has 0 radical (unpaired) electrons. The summed E-state index contributed by atoms with van der Waals surface area (Å²) in [5.74, 6) is 0.437. The second kappa shape index (κ2) is 4.63. The highest BCUT2D eigenvalue weighted by molar-refractivity contribution is 9.10. The molecule has 0 fully saturated rings. The van der Waals surface area contributed by atoms with Gasteiger partial charge in [0.2, 0.25) is 0 Å². The fourth-order valence-corrected chi connectivity index (χ4v) is 1.61. The molecule has 0 aromatic heterocycles. The van der Waals surface area contributed by atoms with Crippen molar-refractivity contribution < 1.29 is 9.84 Å². The lowest BCUT2D eigenvalue weighted by atomic mass is 10.1. The Morgan fingerprint density at radius 2 is 2.21 bits per heavy atom. The Hall–Kier alpha value is -0.780. The van der Waals surface area contributed by atoms with Gasteiger partial charge in [-0.25, -0.2) is 0 Å². The third-order valence-electron chi connectivity index (χ3n) is 1.94. The third-order valence-corrected chi connectivity index (χ3v) is 2.40. The van der Waals surface area contributed by atoms with Crippen molar-refractivity contribution >= 4 is 15.9 Å². The molecule has 0 aliphatic carbocycles. The van der Waals surface area contributed by atoms with E-state index in [1.54, 1.807) is 12.1 Å². The Morgan fingerprint density at radius 3 is 2.71 bits per heavy atom. The molecule has 0 saturated carbocycles. The number of rotatable bonds is 3. The maximum absolute atomic E-state index is 9.73. The molecule has 1 atom stereocenters. The third kappa shape index (κ3) is 2.17. The molecular formula is C9H13BrN2O2. The fourth-order valence-electron chi connectivity index (χ4n) is 1.16. The molecule has 14 heavy (non-hydrogen) atoms. The summed E-state index contributed by atoms with van der Waals surface area (Å²) in [6, 6.07) is 3.01. The van der Waals surface area contributed by atoms with Gasteiger partial charge in [-0.3, -0.25) is 0 Å². The van der Waals surface area contributed by atoms with Gasteiger partial charge in [-0.15, -0.1) is 0 Å². The Kier molecular flexibility index (Phi) is 3.74. The van der Waals surface area contributed by atoms with E-state index in [0.717, 1.165) is 4.47 Å². The summed E-state index contributed by atoms with van der Waals surface area (Å²) in [5.41, 5.74) is 11.7. The fraction of sp³-hybridized carbons (Fsp3) is 0.333. The van der Waals surface area contributed by atoms with Gasteiger partial charge in [0.25, 0.3) is 0 Å². The van der Waals surface area contributed by atoms with E-state index in [4.69, 9.17) is 16.2 Å². The highest BCUT2D eigenvalue weighted by Crippen LogP contribution is 2.35. The van der Waals surface area contributed by atoms with Gasteiger partial charge in [-0.1, -0.05) is 15.9 Å². The monoisotopic (exact) mass is 260 g/mol. The summed E-state index contributed by atoms with van der Waals surface area (Å²) in [6.45, 7) is 0.271. The lowest BCUT2D eigenvalue weighted by Crippen LogP contribution is -2.20. The van der Waals surface area contributed by atoms with Crippen LogP contribution in [0.2, 0.25) is 0 Å². The summed E-state index contributed by atoms with van der Waals surface area (Å²) < 4.78 is 5.78. The maximum Gasteiger partial charge on any atom is 0.162 e. The van der Waals surface area contributed by atoms with Crippen molar-refractivity contribution in [3.63, 3.8) is 0 Å². The molecule has 0 aliphatic heterocycles. The first-order valence-corrected chi connectivity index (χ1v) is 4.91. The Balaban J connectivity index is 3.21. The second-order valence-corrected chi connectivity index (χ2v) is 3.80. The smallest absolute Gasteiger partial charge is 0.162 e. The minimum Gasteiger partial charge on any atom is -0.504 e. The summed E-state index contributed by atoms with van der Waals surface area (Å²) >= 11 is 3.30. The first kappa shape index (κ1) is 11.3. The molecule has 1 aromatic rings. The van der Waals surface area contributed by atoms with Crippen LogP contribution in [-0.2, 0) is 0 Å². The van der Waals surface area contributed by atoms with E-state index in [9.17, 15) is 5.11 Å². The van der Waals surface area contributed by atoms with E-state index in [1.807, 2.05) is 0 Å². The predicted octanol–water partition coefficient (Wildman–Crippen LogP) is 1.12. The summed E-state index contributed by atoms with van der Waals surface area (Å²) in [6.07, 6.45) is 0. The van der Waals surface area contributed by atoms with Gasteiger partial charge in [-0.2, -0.15) is 0 Å². The molecule has 5 N–H and O–H groups in total. The van der Waals surface area contributed by atoms with Crippen molar-refractivity contribution in [2.24, 2.45) is 11.5 Å². The van der Waals surface area contributed by atoms with Gasteiger partial charge in [0.1, 0.15) is 0 Å². The van der Waals surface area contributed by atoms with Gasteiger partial charge >= 0.3 is 0 Å². The van der Waals surface area contributed by atoms with E-state index in [0.29, 0.717) is 11.3 Å². The normalized spacial score (nSPS) is 12.6. The Bertz CT molecular complexity index is 331. The largest absolute Gasteiger partial charge is 0.504 e. The molecule has 0 aliphatic rings. The van der Waals surface area contributed by atoms with Crippen LogP contribution in [0.15, 0.2) is 16.6 Å². The molecule has 0 heterocycles. The number of halogens is 1. The zero-order chi connectivity index (χ0) is 10.7. The molecule has 0 amide bonds. The summed E-state index contributed by atoms with van der Waals surface area (Å²) in [4.78, 5) is 0. The van der Waals surface area contributed by atoms with Gasteiger partial charge in [0, 0.05) is 22.6 Å². The van der Waals surface area contributed by atoms with Crippen molar-refractivity contribution in [1.82, 2.24) is 0 Å². The number of aromatic hydroxyl groups is 1. The second-order valence-electron chi connectivity index (χ2n) is 2.89. The molecule has 4 nitrogen and oxygen atoms in total. The Labute approximate surface area is 91.0 Å². The number of phenols is 1. The van der Waals surface area contributed by atoms with Crippen LogP contribution >= 0.6 is 15.9 Å². The van der Waals surface area contributed by atoms with E-state index < -0.39 is 0 Å². The number of nitrogens with two attached hydrogens (primary N) is 2. The number of phenolic OH excluding ortho intramolecular Hbond substituents is 1. The van der Waals surface area contributed by atoms with Crippen LogP contribution in [0, 0.1) is 0 Å². The SMILES string of the molecule is COc1cc(Br)cc([C@@H](N)CN)c1O. The van der Waals surface area contributed by atoms with Crippen LogP contribution in [0.1, 0.15) is 11.6 Å². The van der Waals surface area contributed by atoms with E-state index >= 15 is 0 Å². The van der Waals surface area contributed by atoms with Crippen molar-refractivity contribution in [3.8, 4) is 11.5 Å². The van der Waals surface area contributed by atoms with Gasteiger partial charge < -0.3 is 21.3 Å². The molecule has 1 rings (SSSR count). The van der Waals surface area contributed by atoms with E-state index in [1.165, 1.54) is 7.11 Å². The van der Waals surface area contributed by atoms with Gasteiger partial charge in [0.15, 0.2) is 11.5 Å². The molecule has 0 spiro atoms. The van der Waals surface area contributed by atoms with Crippen molar-refractivity contribution in [2.45, 2.75) is 6.04 Å². The topological polar surface area (TPSA) is 81.5 Å². The van der Waals surface area contributed by atoms with Crippen molar-refractivity contribution in [1.29, 1.82) is 0 Å². The molecule has 0 bridgehead atoms. The molecule has 78 valence electrons. The number of hydrogen-bond acceptors (Lipinski definition) is 4. The predicted molar refractivity (Wildman–Crippen MR) is 58.3 cm³/mol. The maximum atomic E-state index is 9.73. The quantitative estimate of drug-likeness (QED) is 0.761. The zero-order valence-electron chi connectivity index (χ0n) is 7.83. The van der Waals surface area contributed by atoms with Crippen LogP contribution in [0.4, 0.5) is 0 Å². The number of benzene rings is 1. The van der Waals surface area contributed by atoms with E-state index in [2.05, 4.69) is 15.9 Å².